The zero-order valence-electron chi connectivity index (χ0n) is 23.8. The van der Waals surface area contributed by atoms with Crippen LogP contribution in [0.1, 0.15) is 90.4 Å². The molecule has 0 radical (unpaired) electrons. The molecule has 248 valence electrons. The number of carboxylic acid groups (broad SMARTS) is 2. The van der Waals surface area contributed by atoms with E-state index in [1.807, 2.05) is 0 Å². The van der Waals surface area contributed by atoms with Crippen molar-refractivity contribution < 1.29 is 50.9 Å². The van der Waals surface area contributed by atoms with Crippen LogP contribution in [0.5, 0.6) is 0 Å². The number of carbonyl (C=O) groups is 3. The molecule has 0 aliphatic rings. The minimum Gasteiger partial charge on any atom is -0.475 e. The van der Waals surface area contributed by atoms with E-state index in [2.05, 4.69) is 22.2 Å². The van der Waals surface area contributed by atoms with Crippen LogP contribution in [-0.4, -0.2) is 71.5 Å². The lowest BCUT2D eigenvalue weighted by molar-refractivity contribution is -0.193. The average Bonchev–Trinajstić information content (AvgIpc) is 2.85. The first-order chi connectivity index (χ1) is 19.4. The SMILES string of the molecule is CCCCCCCCCCCCNC(=O)[C@@H](CCCCN=C(N)N)N=C(N)N.O=C(O)C(F)(F)F.O=C(O)C(F)(F)F. The third-order valence-electron chi connectivity index (χ3n) is 5.10. The van der Waals surface area contributed by atoms with Crippen LogP contribution in [0, 0.1) is 0 Å². The van der Waals surface area contributed by atoms with Gasteiger partial charge in [-0.2, -0.15) is 26.3 Å². The van der Waals surface area contributed by atoms with E-state index in [9.17, 15) is 31.1 Å². The highest BCUT2D eigenvalue weighted by Gasteiger charge is 2.38. The lowest BCUT2D eigenvalue weighted by Crippen LogP contribution is -2.37. The normalized spacial score (nSPS) is 11.5. The lowest BCUT2D eigenvalue weighted by Gasteiger charge is -2.13. The molecule has 42 heavy (non-hydrogen) atoms. The fraction of sp³-hybridized carbons (Fsp3) is 0.792. The van der Waals surface area contributed by atoms with Gasteiger partial charge in [-0.1, -0.05) is 64.7 Å². The van der Waals surface area contributed by atoms with E-state index in [-0.39, 0.29) is 17.8 Å². The molecule has 0 rings (SSSR count). The number of aliphatic carboxylic acids is 2. The maximum absolute atomic E-state index is 12.3. The van der Waals surface area contributed by atoms with Crippen LogP contribution >= 0.6 is 0 Å². The Morgan fingerprint density at radius 3 is 1.45 bits per heavy atom. The van der Waals surface area contributed by atoms with Gasteiger partial charge in [0.2, 0.25) is 5.91 Å². The molecule has 0 aromatic rings. The summed E-state index contributed by atoms with van der Waals surface area (Å²) in [5.41, 5.74) is 21.5. The standard InChI is InChI=1S/C20H43N7O.2C2HF3O2/c1-2-3-4-5-6-7-8-9-10-12-15-25-18(28)17(27-20(23)24)14-11-13-16-26-19(21)22;2*3-2(4,5)1(6)7/h17H,2-16H2,1H3,(H,25,28)(H4,21,22,26)(H4,23,24,27);2*(H,6,7)/t17-;;/m1../s1. The van der Waals surface area contributed by atoms with E-state index in [0.717, 1.165) is 25.7 Å². The Morgan fingerprint density at radius 1 is 0.690 bits per heavy atom. The van der Waals surface area contributed by atoms with Gasteiger partial charge in [-0.25, -0.2) is 14.6 Å². The number of rotatable bonds is 18. The van der Waals surface area contributed by atoms with Crippen molar-refractivity contribution >= 4 is 29.8 Å². The topological polar surface area (TPSA) is 232 Å². The number of carboxylic acids is 2. The summed E-state index contributed by atoms with van der Waals surface area (Å²) in [4.78, 5) is 38.1. The lowest BCUT2D eigenvalue weighted by atomic mass is 10.1. The van der Waals surface area contributed by atoms with Crippen molar-refractivity contribution in [3.63, 3.8) is 0 Å². The second kappa shape index (κ2) is 25.3. The van der Waals surface area contributed by atoms with E-state index in [0.29, 0.717) is 19.5 Å². The summed E-state index contributed by atoms with van der Waals surface area (Å²) >= 11 is 0. The summed E-state index contributed by atoms with van der Waals surface area (Å²) in [6.07, 6.45) is 4.65. The van der Waals surface area contributed by atoms with E-state index in [4.69, 9.17) is 42.7 Å². The summed E-state index contributed by atoms with van der Waals surface area (Å²) in [6, 6.07) is -0.549. The first-order valence-corrected chi connectivity index (χ1v) is 13.4. The molecule has 0 fully saturated rings. The van der Waals surface area contributed by atoms with Crippen LogP contribution in [0.4, 0.5) is 26.3 Å². The Labute approximate surface area is 241 Å². The fourth-order valence-electron chi connectivity index (χ4n) is 3.03. The number of amides is 1. The van der Waals surface area contributed by atoms with E-state index in [1.54, 1.807) is 0 Å². The molecule has 0 aliphatic carbocycles. The van der Waals surface area contributed by atoms with Crippen LogP contribution in [0.15, 0.2) is 9.98 Å². The highest BCUT2D eigenvalue weighted by Crippen LogP contribution is 2.14. The summed E-state index contributed by atoms with van der Waals surface area (Å²) in [7, 11) is 0. The van der Waals surface area contributed by atoms with Crippen molar-refractivity contribution in [1.29, 1.82) is 0 Å². The van der Waals surface area contributed by atoms with Crippen molar-refractivity contribution in [1.82, 2.24) is 5.32 Å². The van der Waals surface area contributed by atoms with Crippen LogP contribution in [0.2, 0.25) is 0 Å². The third kappa shape index (κ3) is 32.7. The number of unbranched alkanes of at least 4 members (excludes halogenated alkanes) is 10. The van der Waals surface area contributed by atoms with Gasteiger partial charge in [-0.05, 0) is 25.7 Å². The molecule has 18 heteroatoms. The van der Waals surface area contributed by atoms with Gasteiger partial charge in [0, 0.05) is 13.1 Å². The van der Waals surface area contributed by atoms with Crippen molar-refractivity contribution in [2.75, 3.05) is 13.1 Å². The first kappa shape index (κ1) is 43.0. The molecule has 0 heterocycles. The fourth-order valence-corrected chi connectivity index (χ4v) is 3.03. The Kier molecular flexibility index (Phi) is 25.9. The van der Waals surface area contributed by atoms with Gasteiger partial charge >= 0.3 is 24.3 Å². The van der Waals surface area contributed by atoms with E-state index >= 15 is 0 Å². The smallest absolute Gasteiger partial charge is 0.475 e. The number of nitrogens with two attached hydrogens (primary N) is 4. The Hall–Kier alpha value is -3.47. The summed E-state index contributed by atoms with van der Waals surface area (Å²) < 4.78 is 63.5. The number of nitrogens with one attached hydrogen (secondary N) is 1. The predicted molar refractivity (Wildman–Crippen MR) is 146 cm³/mol. The molecule has 0 bridgehead atoms. The maximum atomic E-state index is 12.3. The van der Waals surface area contributed by atoms with Crippen molar-refractivity contribution in [3.8, 4) is 0 Å². The van der Waals surface area contributed by atoms with Gasteiger partial charge in [-0.15, -0.1) is 0 Å². The second-order valence-electron chi connectivity index (χ2n) is 8.95. The van der Waals surface area contributed by atoms with Crippen LogP contribution in [0.25, 0.3) is 0 Å². The predicted octanol–water partition coefficient (Wildman–Crippen LogP) is 3.38. The number of aliphatic imine (C=N–C) groups is 2. The molecule has 11 N–H and O–H groups in total. The highest BCUT2D eigenvalue weighted by atomic mass is 19.4. The molecule has 0 aromatic heterocycles. The molecular formula is C24H45F6N7O5. The molecule has 1 atom stereocenters. The maximum Gasteiger partial charge on any atom is 0.490 e. The number of halogens is 6. The number of guanidine groups is 2. The van der Waals surface area contributed by atoms with Gasteiger partial charge in [-0.3, -0.25) is 9.79 Å². The molecule has 0 aromatic carbocycles. The number of hydrogen-bond acceptors (Lipinski definition) is 5. The Bertz CT molecular complexity index is 778. The van der Waals surface area contributed by atoms with E-state index < -0.39 is 30.3 Å². The summed E-state index contributed by atoms with van der Waals surface area (Å²) in [5, 5.41) is 17.2. The zero-order chi connectivity index (χ0) is 33.2. The highest BCUT2D eigenvalue weighted by molar-refractivity contribution is 5.86. The van der Waals surface area contributed by atoms with Crippen LogP contribution < -0.4 is 28.3 Å². The second-order valence-corrected chi connectivity index (χ2v) is 8.95. The molecular weight excluding hydrogens is 580 g/mol. The molecule has 0 spiro atoms. The first-order valence-electron chi connectivity index (χ1n) is 13.4. The quantitative estimate of drug-likeness (QED) is 0.0511. The van der Waals surface area contributed by atoms with Crippen LogP contribution in [0.3, 0.4) is 0 Å². The van der Waals surface area contributed by atoms with Gasteiger partial charge in [0.25, 0.3) is 0 Å². The minimum atomic E-state index is -5.08. The average molecular weight is 626 g/mol. The van der Waals surface area contributed by atoms with E-state index in [1.165, 1.54) is 51.4 Å². The van der Waals surface area contributed by atoms with Crippen molar-refractivity contribution in [2.45, 2.75) is 109 Å². The van der Waals surface area contributed by atoms with Gasteiger partial charge in [0.05, 0.1) is 0 Å². The van der Waals surface area contributed by atoms with Crippen molar-refractivity contribution in [3.05, 3.63) is 0 Å². The van der Waals surface area contributed by atoms with Crippen LogP contribution in [-0.2, 0) is 14.4 Å². The molecule has 12 nitrogen and oxygen atoms in total. The Morgan fingerprint density at radius 2 is 1.10 bits per heavy atom. The molecule has 1 amide bonds. The summed E-state index contributed by atoms with van der Waals surface area (Å²) in [5.74, 6) is -5.62. The largest absolute Gasteiger partial charge is 0.490 e. The monoisotopic (exact) mass is 625 g/mol. The molecule has 0 aliphatic heterocycles. The molecule has 0 saturated heterocycles. The van der Waals surface area contributed by atoms with Crippen molar-refractivity contribution in [2.24, 2.45) is 32.9 Å². The molecule has 0 saturated carbocycles. The summed E-state index contributed by atoms with van der Waals surface area (Å²) in [6.45, 7) is 3.45. The number of carbonyl (C=O) groups excluding carboxylic acids is 1. The number of hydrogen-bond donors (Lipinski definition) is 7. The van der Waals surface area contributed by atoms with Gasteiger partial charge < -0.3 is 38.5 Å². The minimum absolute atomic E-state index is 0.0664. The number of nitrogens with zero attached hydrogens (tertiary/aromatic N) is 2. The van der Waals surface area contributed by atoms with Gasteiger partial charge in [0.15, 0.2) is 11.9 Å². The Balaban J connectivity index is -0.000000886. The van der Waals surface area contributed by atoms with Gasteiger partial charge in [0.1, 0.15) is 6.04 Å². The molecule has 0 unspecified atom stereocenters. The zero-order valence-corrected chi connectivity index (χ0v) is 23.8. The third-order valence-corrected chi connectivity index (χ3v) is 5.10. The number of alkyl halides is 6.